The number of rotatable bonds is 21. The third kappa shape index (κ3) is 15.0. The number of amides is 5. The zero-order valence-corrected chi connectivity index (χ0v) is 43.5. The molecule has 5 aromatic rings. The summed E-state index contributed by atoms with van der Waals surface area (Å²) in [6.07, 6.45) is 5.17. The van der Waals surface area contributed by atoms with Gasteiger partial charge in [-0.05, 0) is 60.6 Å². The highest BCUT2D eigenvalue weighted by molar-refractivity contribution is 7.13. The largest absolute Gasteiger partial charge is 0.494 e. The fraction of sp³-hybridized carbons (Fsp3) is 0.423. The highest BCUT2D eigenvalue weighted by atomic mass is 35.5. The first-order valence-electron chi connectivity index (χ1n) is 24.2. The van der Waals surface area contributed by atoms with Gasteiger partial charge in [-0.2, -0.15) is 0 Å². The molecule has 74 heavy (non-hydrogen) atoms. The van der Waals surface area contributed by atoms with Gasteiger partial charge < -0.3 is 50.8 Å². The molecule has 0 unspecified atom stereocenters. The van der Waals surface area contributed by atoms with E-state index in [0.717, 1.165) is 21.7 Å². The number of hydrogen-bond donors (Lipinski definition) is 6. The van der Waals surface area contributed by atoms with Crippen molar-refractivity contribution in [3.05, 3.63) is 101 Å². The Morgan fingerprint density at radius 3 is 2.38 bits per heavy atom. The van der Waals surface area contributed by atoms with Crippen LogP contribution in [0.2, 0.25) is 5.02 Å². The number of nitrogens with one attached hydrogen (secondary N) is 5. The molecule has 7 rings (SSSR count). The number of β-amino-alcohol motifs (C(OH)–C–C–N with tert-alkyl or cyclic N) is 1. The summed E-state index contributed by atoms with van der Waals surface area (Å²) in [6.45, 7) is 8.96. The average Bonchev–Trinajstić information content (AvgIpc) is 3.99. The minimum absolute atomic E-state index is 0.0189. The van der Waals surface area contributed by atoms with Crippen LogP contribution < -0.4 is 31.3 Å². The Hall–Kier alpha value is -6.62. The Bertz CT molecular complexity index is 2820. The highest BCUT2D eigenvalue weighted by Crippen LogP contribution is 2.34. The summed E-state index contributed by atoms with van der Waals surface area (Å²) in [7, 11) is 1.49. The standard InChI is InChI=1S/C52H62ClFN10O9S/c1-31-47(74-30-58-31)33-10-8-32(9-11-33)25-55-50(69)42-22-36(65)26-64(42)51(70)48(52(2,3)4)62-46(68)28-73-20-19-72-27-45(67)59-34-14-17-63(18-15-34)16-6-7-44(66)61-41-23-37-40(24-43(41)71-5)56-29-57-49(37)60-35-12-13-39(54)38(53)21-35/h6-13,21,23-24,29-30,34,36,42,48,65H,14-20,22,25-28H2,1-5H3,(H,55,69)(H,59,67)(H,61,66)(H,62,68)(H,56,57,60)/b7-6+/t36-,42+,48-/m1/s1. The number of carbonyl (C=O) groups excluding carboxylic acids is 5. The number of likely N-dealkylation sites (tertiary alicyclic amines) is 2. The van der Waals surface area contributed by atoms with Crippen molar-refractivity contribution < 1.29 is 47.7 Å². The summed E-state index contributed by atoms with van der Waals surface area (Å²) >= 11 is 7.52. The van der Waals surface area contributed by atoms with Crippen molar-refractivity contribution in [1.82, 2.24) is 40.7 Å². The van der Waals surface area contributed by atoms with Crippen LogP contribution in [0.15, 0.2) is 78.6 Å². The molecule has 22 heteroatoms. The number of nitrogens with zero attached hydrogens (tertiary/aromatic N) is 5. The van der Waals surface area contributed by atoms with Gasteiger partial charge in [0.15, 0.2) is 0 Å². The number of halogens is 2. The van der Waals surface area contributed by atoms with Gasteiger partial charge in [-0.3, -0.25) is 28.9 Å². The summed E-state index contributed by atoms with van der Waals surface area (Å²) in [5.74, 6) is -1.80. The maximum Gasteiger partial charge on any atom is 0.248 e. The zero-order valence-electron chi connectivity index (χ0n) is 41.9. The molecule has 2 aliphatic heterocycles. The van der Waals surface area contributed by atoms with Gasteiger partial charge in [0.1, 0.15) is 49.0 Å². The number of aliphatic hydroxyl groups excluding tert-OH is 1. The number of anilines is 3. The van der Waals surface area contributed by atoms with Gasteiger partial charge >= 0.3 is 0 Å². The Labute approximate surface area is 437 Å². The lowest BCUT2D eigenvalue weighted by atomic mass is 9.85. The van der Waals surface area contributed by atoms with Crippen molar-refractivity contribution in [1.29, 1.82) is 0 Å². The predicted molar refractivity (Wildman–Crippen MR) is 279 cm³/mol. The van der Waals surface area contributed by atoms with E-state index in [1.54, 1.807) is 55.8 Å². The number of fused-ring (bicyclic) bond motifs is 1. The van der Waals surface area contributed by atoms with E-state index in [-0.39, 0.29) is 68.8 Å². The van der Waals surface area contributed by atoms with Crippen LogP contribution in [0, 0.1) is 18.2 Å². The average molecular weight is 1060 g/mol. The molecule has 394 valence electrons. The number of aliphatic hydroxyl groups is 1. The van der Waals surface area contributed by atoms with E-state index in [1.165, 1.54) is 42.6 Å². The number of hydrogen-bond acceptors (Lipinski definition) is 15. The maximum absolute atomic E-state index is 14.0. The second-order valence-electron chi connectivity index (χ2n) is 19.1. The highest BCUT2D eigenvalue weighted by Gasteiger charge is 2.44. The zero-order chi connectivity index (χ0) is 52.9. The first kappa shape index (κ1) is 55.1. The van der Waals surface area contributed by atoms with Gasteiger partial charge in [-0.25, -0.2) is 19.3 Å². The minimum Gasteiger partial charge on any atom is -0.494 e. The molecule has 0 saturated carbocycles. The first-order valence-corrected chi connectivity index (χ1v) is 25.5. The number of aromatic nitrogens is 3. The molecule has 4 heterocycles. The van der Waals surface area contributed by atoms with Crippen molar-refractivity contribution in [2.45, 2.75) is 77.7 Å². The molecule has 0 radical (unpaired) electrons. The molecular formula is C52H62ClFN10O9S. The molecule has 5 amide bonds. The van der Waals surface area contributed by atoms with Gasteiger partial charge in [0, 0.05) is 68.4 Å². The van der Waals surface area contributed by atoms with Crippen LogP contribution in [0.1, 0.15) is 51.3 Å². The van der Waals surface area contributed by atoms with E-state index < -0.39 is 47.1 Å². The van der Waals surface area contributed by atoms with Gasteiger partial charge in [-0.1, -0.05) is 62.7 Å². The summed E-state index contributed by atoms with van der Waals surface area (Å²) in [5.41, 5.74) is 5.38. The van der Waals surface area contributed by atoms with Crippen molar-refractivity contribution in [3.8, 4) is 16.2 Å². The molecular weight excluding hydrogens is 995 g/mol. The second kappa shape index (κ2) is 25.6. The second-order valence-corrected chi connectivity index (χ2v) is 20.4. The molecule has 2 fully saturated rings. The smallest absolute Gasteiger partial charge is 0.248 e. The summed E-state index contributed by atoms with van der Waals surface area (Å²) in [4.78, 5) is 83.7. The number of aryl methyl sites for hydroxylation is 1. The molecule has 2 aromatic heterocycles. The van der Waals surface area contributed by atoms with Crippen LogP contribution in [0.5, 0.6) is 5.75 Å². The SMILES string of the molecule is COc1cc2ncnc(Nc3ccc(F)c(Cl)c3)c2cc1NC(=O)/C=C/CN1CCC(NC(=O)COCCOCC(=O)N[C@H](C(=O)N2C[C@H](O)C[C@H]2C(=O)NCc2ccc(-c3scnc3C)cc2)C(C)(C)C)CC1. The van der Waals surface area contributed by atoms with Gasteiger partial charge in [-0.15, -0.1) is 11.3 Å². The van der Waals surface area contributed by atoms with Gasteiger partial charge in [0.2, 0.25) is 29.5 Å². The molecule has 2 saturated heterocycles. The lowest BCUT2D eigenvalue weighted by Gasteiger charge is -2.35. The minimum atomic E-state index is -1.02. The Kier molecular flexibility index (Phi) is 19.0. The van der Waals surface area contributed by atoms with E-state index in [1.807, 2.05) is 31.2 Å². The van der Waals surface area contributed by atoms with E-state index in [4.69, 9.17) is 25.8 Å². The predicted octanol–water partition coefficient (Wildman–Crippen LogP) is 5.52. The van der Waals surface area contributed by atoms with E-state index >= 15 is 0 Å². The summed E-state index contributed by atoms with van der Waals surface area (Å²) in [5, 5.41) is 25.8. The quantitative estimate of drug-likeness (QED) is 0.0392. The third-order valence-corrected chi connectivity index (χ3v) is 13.8. The number of piperidine rings is 1. The third-order valence-electron chi connectivity index (χ3n) is 12.5. The molecule has 0 spiro atoms. The molecule has 3 atom stereocenters. The van der Waals surface area contributed by atoms with Gasteiger partial charge in [0.05, 0.1) is 58.7 Å². The lowest BCUT2D eigenvalue weighted by Crippen LogP contribution is -2.58. The number of methoxy groups -OCH3 is 1. The van der Waals surface area contributed by atoms with Crippen LogP contribution in [0.4, 0.5) is 21.6 Å². The van der Waals surface area contributed by atoms with Gasteiger partial charge in [0.25, 0.3) is 0 Å². The van der Waals surface area contributed by atoms with Crippen molar-refractivity contribution in [3.63, 3.8) is 0 Å². The number of benzene rings is 3. The lowest BCUT2D eigenvalue weighted by molar-refractivity contribution is -0.144. The van der Waals surface area contributed by atoms with E-state index in [0.29, 0.717) is 66.3 Å². The number of carbonyl (C=O) groups is 5. The summed E-state index contributed by atoms with van der Waals surface area (Å²) in [6, 6.07) is 13.4. The molecule has 19 nitrogen and oxygen atoms in total. The fourth-order valence-corrected chi connectivity index (χ4v) is 9.60. The van der Waals surface area contributed by atoms with Crippen LogP contribution >= 0.6 is 22.9 Å². The normalized spacial score (nSPS) is 16.8. The molecule has 3 aromatic carbocycles. The molecule has 0 aliphatic carbocycles. The Morgan fingerprint density at radius 2 is 1.70 bits per heavy atom. The Balaban J connectivity index is 0.774. The first-order chi connectivity index (χ1) is 35.4. The summed E-state index contributed by atoms with van der Waals surface area (Å²) < 4.78 is 30.3. The van der Waals surface area contributed by atoms with Crippen LogP contribution in [-0.4, -0.2) is 143 Å². The van der Waals surface area contributed by atoms with Crippen LogP contribution in [0.3, 0.4) is 0 Å². The van der Waals surface area contributed by atoms with Crippen LogP contribution in [-0.2, 0) is 40.0 Å². The maximum atomic E-state index is 14.0. The van der Waals surface area contributed by atoms with Crippen LogP contribution in [0.25, 0.3) is 21.3 Å². The van der Waals surface area contributed by atoms with E-state index in [2.05, 4.69) is 46.4 Å². The number of thiazole rings is 1. The Morgan fingerprint density at radius 1 is 0.973 bits per heavy atom. The molecule has 2 aliphatic rings. The molecule has 6 N–H and O–H groups in total. The molecule has 0 bridgehead atoms. The fourth-order valence-electron chi connectivity index (χ4n) is 8.60. The monoisotopic (exact) mass is 1060 g/mol. The number of ether oxygens (including phenoxy) is 3. The topological polar surface area (TPSA) is 239 Å². The van der Waals surface area contributed by atoms with E-state index in [9.17, 15) is 33.5 Å². The van der Waals surface area contributed by atoms with Crippen molar-refractivity contribution >= 4 is 80.6 Å². The van der Waals surface area contributed by atoms with Crippen molar-refractivity contribution in [2.75, 3.05) is 70.3 Å². The van der Waals surface area contributed by atoms with Crippen molar-refractivity contribution in [2.24, 2.45) is 5.41 Å².